The Hall–Kier alpha value is -3.79. The lowest BCUT2D eigenvalue weighted by molar-refractivity contribution is -0.144. The molecule has 3 aromatic heterocycles. The van der Waals surface area contributed by atoms with Crippen LogP contribution in [0.1, 0.15) is 98.0 Å². The van der Waals surface area contributed by atoms with Gasteiger partial charge >= 0.3 is 6.18 Å². The number of hydrogen-bond donors (Lipinski definition) is 2. The van der Waals surface area contributed by atoms with Crippen molar-refractivity contribution in [2.24, 2.45) is 17.8 Å². The fourth-order valence-corrected chi connectivity index (χ4v) is 6.27. The number of amides is 2. The van der Waals surface area contributed by atoms with Crippen LogP contribution in [0.5, 0.6) is 0 Å². The van der Waals surface area contributed by atoms with Crippen molar-refractivity contribution in [3.8, 4) is 0 Å². The molecule has 3 aliphatic rings. The first kappa shape index (κ1) is 32.2. The second-order valence-electron chi connectivity index (χ2n) is 12.7. The number of nitrogens with zero attached hydrogens (tertiary/aromatic N) is 6. The number of halogens is 7. The van der Waals surface area contributed by atoms with E-state index in [4.69, 9.17) is 0 Å². The van der Waals surface area contributed by atoms with Crippen LogP contribution in [0.15, 0.2) is 24.7 Å². The molecule has 0 saturated heterocycles. The highest BCUT2D eigenvalue weighted by molar-refractivity contribution is 5.92. The van der Waals surface area contributed by atoms with E-state index in [1.165, 1.54) is 10.7 Å². The number of nitrogens with one attached hydrogen (secondary N) is 2. The van der Waals surface area contributed by atoms with E-state index < -0.39 is 66.6 Å². The Labute approximate surface area is 258 Å². The molecule has 46 heavy (non-hydrogen) atoms. The molecule has 3 saturated carbocycles. The van der Waals surface area contributed by atoms with Crippen molar-refractivity contribution in [1.29, 1.82) is 0 Å². The van der Waals surface area contributed by atoms with Crippen molar-refractivity contribution in [3.05, 3.63) is 41.6 Å². The highest BCUT2D eigenvalue weighted by atomic mass is 19.4. The number of alkyl halides is 7. The second-order valence-corrected chi connectivity index (χ2v) is 12.7. The van der Waals surface area contributed by atoms with Gasteiger partial charge < -0.3 is 10.6 Å². The predicted octanol–water partition coefficient (Wildman–Crippen LogP) is 5.57. The van der Waals surface area contributed by atoms with Crippen LogP contribution in [0.25, 0.3) is 5.65 Å². The van der Waals surface area contributed by atoms with Gasteiger partial charge in [-0.05, 0) is 49.1 Å². The lowest BCUT2D eigenvalue weighted by Gasteiger charge is -2.34. The Morgan fingerprint density at radius 1 is 1.00 bits per heavy atom. The molecule has 0 bridgehead atoms. The van der Waals surface area contributed by atoms with Crippen LogP contribution in [0.3, 0.4) is 0 Å². The average molecular weight is 659 g/mol. The van der Waals surface area contributed by atoms with Gasteiger partial charge in [-0.15, -0.1) is 5.10 Å². The standard InChI is InChI=1S/C29H33F7N8O2/c30-27(31)7-4-17(5-8-27)25(41-26(46)21-13-37-42-43(21)14-19-11-28(19,32)33)20-15-44-22(39-20)10-18(12-38-44)24(16-2-1-3-16)40-23(45)6-9-29(34,35)36/h10,12-13,15-17,19,24-25H,1-9,11,14H2,(H,40,45)(H,41,46)/t19?,24?,25-/m0/s1. The zero-order valence-electron chi connectivity index (χ0n) is 24.6. The highest BCUT2D eigenvalue weighted by Crippen LogP contribution is 2.49. The monoisotopic (exact) mass is 658 g/mol. The van der Waals surface area contributed by atoms with Crippen LogP contribution in [-0.2, 0) is 11.3 Å². The van der Waals surface area contributed by atoms with Gasteiger partial charge in [0, 0.05) is 31.6 Å². The number of hydrogen-bond acceptors (Lipinski definition) is 6. The van der Waals surface area contributed by atoms with Gasteiger partial charge in [-0.25, -0.2) is 31.7 Å². The number of rotatable bonds is 11. The molecule has 3 fully saturated rings. The van der Waals surface area contributed by atoms with E-state index in [0.717, 1.165) is 30.1 Å². The van der Waals surface area contributed by atoms with Crippen LogP contribution in [-0.4, -0.2) is 59.4 Å². The third-order valence-electron chi connectivity index (χ3n) is 9.33. The van der Waals surface area contributed by atoms with Crippen LogP contribution in [0.2, 0.25) is 0 Å². The summed E-state index contributed by atoms with van der Waals surface area (Å²) in [5.74, 6) is -8.45. The second kappa shape index (κ2) is 12.1. The van der Waals surface area contributed by atoms with Gasteiger partial charge in [-0.3, -0.25) is 9.59 Å². The van der Waals surface area contributed by atoms with Crippen molar-refractivity contribution in [3.63, 3.8) is 0 Å². The van der Waals surface area contributed by atoms with Crippen molar-refractivity contribution in [2.75, 3.05) is 0 Å². The molecule has 3 aromatic rings. The third-order valence-corrected chi connectivity index (χ3v) is 9.33. The SMILES string of the molecule is O=C(CCC(F)(F)F)NC(c1cnn2cc([C@@H](NC(=O)c3cnnn3CC3CC3(F)F)C3CCC(F)(F)CC3)nc2c1)C1CCC1. The summed E-state index contributed by atoms with van der Waals surface area (Å²) in [7, 11) is 0. The number of fused-ring (bicyclic) bond motifs is 1. The fraction of sp³-hybridized carbons (Fsp3) is 0.655. The number of imidazole rings is 1. The van der Waals surface area contributed by atoms with E-state index in [-0.39, 0.29) is 50.3 Å². The van der Waals surface area contributed by atoms with Crippen molar-refractivity contribution < 1.29 is 40.3 Å². The van der Waals surface area contributed by atoms with E-state index in [1.807, 2.05) is 0 Å². The van der Waals surface area contributed by atoms with E-state index in [0.29, 0.717) is 16.9 Å². The summed E-state index contributed by atoms with van der Waals surface area (Å²) < 4.78 is 95.8. The van der Waals surface area contributed by atoms with Gasteiger partial charge in [0.25, 0.3) is 11.8 Å². The molecule has 3 heterocycles. The van der Waals surface area contributed by atoms with Crippen LogP contribution in [0.4, 0.5) is 30.7 Å². The minimum atomic E-state index is -4.46. The summed E-state index contributed by atoms with van der Waals surface area (Å²) in [5, 5.41) is 17.5. The zero-order chi connectivity index (χ0) is 32.9. The molecule has 3 aliphatic carbocycles. The summed E-state index contributed by atoms with van der Waals surface area (Å²) in [6.45, 7) is -0.202. The minimum absolute atomic E-state index is 0.0125. The fourth-order valence-electron chi connectivity index (χ4n) is 6.27. The van der Waals surface area contributed by atoms with Gasteiger partial charge in [0.2, 0.25) is 11.8 Å². The molecule has 6 rings (SSSR count). The Morgan fingerprint density at radius 3 is 2.33 bits per heavy atom. The van der Waals surface area contributed by atoms with Crippen molar-refractivity contribution in [2.45, 2.75) is 101 Å². The summed E-state index contributed by atoms with van der Waals surface area (Å²) >= 11 is 0. The van der Waals surface area contributed by atoms with E-state index in [1.54, 1.807) is 12.3 Å². The quantitative estimate of drug-likeness (QED) is 0.260. The van der Waals surface area contributed by atoms with E-state index in [2.05, 4.69) is 31.0 Å². The number of carbonyl (C=O) groups excluding carboxylic acids is 2. The smallest absolute Gasteiger partial charge is 0.349 e. The Kier molecular flexibility index (Phi) is 8.46. The molecule has 0 aliphatic heterocycles. The maximum Gasteiger partial charge on any atom is 0.389 e. The van der Waals surface area contributed by atoms with Gasteiger partial charge in [-0.2, -0.15) is 18.3 Å². The Bertz CT molecular complexity index is 1570. The minimum Gasteiger partial charge on any atom is -0.349 e. The zero-order valence-corrected chi connectivity index (χ0v) is 24.6. The van der Waals surface area contributed by atoms with Crippen LogP contribution < -0.4 is 10.6 Å². The molecule has 2 amide bonds. The number of carbonyl (C=O) groups is 2. The summed E-state index contributed by atoms with van der Waals surface area (Å²) in [5.41, 5.74) is 1.15. The molecule has 2 N–H and O–H groups in total. The molecule has 0 spiro atoms. The topological polar surface area (TPSA) is 119 Å². The first-order valence-electron chi connectivity index (χ1n) is 15.3. The lowest BCUT2D eigenvalue weighted by atomic mass is 9.77. The first-order valence-corrected chi connectivity index (χ1v) is 15.3. The molecule has 2 unspecified atom stereocenters. The van der Waals surface area contributed by atoms with Crippen LogP contribution in [0, 0.1) is 17.8 Å². The summed E-state index contributed by atoms with van der Waals surface area (Å²) in [4.78, 5) is 30.5. The highest BCUT2D eigenvalue weighted by Gasteiger charge is 2.57. The van der Waals surface area contributed by atoms with Crippen LogP contribution >= 0.6 is 0 Å². The maximum atomic E-state index is 14.1. The summed E-state index contributed by atoms with van der Waals surface area (Å²) in [6.07, 6.45) is -0.621. The molecule has 0 radical (unpaired) electrons. The van der Waals surface area contributed by atoms with Gasteiger partial charge in [0.1, 0.15) is 5.69 Å². The molecule has 3 atom stereocenters. The Morgan fingerprint density at radius 2 is 1.70 bits per heavy atom. The normalized spacial score (nSPS) is 22.6. The summed E-state index contributed by atoms with van der Waals surface area (Å²) in [6, 6.07) is 0.241. The largest absolute Gasteiger partial charge is 0.389 e. The molecule has 10 nitrogen and oxygen atoms in total. The first-order chi connectivity index (χ1) is 21.7. The van der Waals surface area contributed by atoms with Crippen molar-refractivity contribution >= 4 is 17.5 Å². The molecular formula is C29H33F7N8O2. The molecule has 17 heteroatoms. The van der Waals surface area contributed by atoms with E-state index in [9.17, 15) is 40.3 Å². The average Bonchev–Trinajstić information content (AvgIpc) is 3.29. The predicted molar refractivity (Wildman–Crippen MR) is 147 cm³/mol. The van der Waals surface area contributed by atoms with Crippen molar-refractivity contribution in [1.82, 2.24) is 40.2 Å². The van der Waals surface area contributed by atoms with Gasteiger partial charge in [-0.1, -0.05) is 11.6 Å². The lowest BCUT2D eigenvalue weighted by Crippen LogP contribution is -2.38. The molecule has 0 aromatic carbocycles. The third kappa shape index (κ3) is 7.27. The Balaban J connectivity index is 1.25. The molecule has 250 valence electrons. The molecular weight excluding hydrogens is 625 g/mol. The van der Waals surface area contributed by atoms with Gasteiger partial charge in [0.15, 0.2) is 5.65 Å². The number of aromatic nitrogens is 6. The van der Waals surface area contributed by atoms with E-state index >= 15 is 0 Å². The maximum absolute atomic E-state index is 14.1. The van der Waals surface area contributed by atoms with Gasteiger partial charge in [0.05, 0.1) is 49.3 Å².